The summed E-state index contributed by atoms with van der Waals surface area (Å²) in [6.07, 6.45) is -1.33. The van der Waals surface area contributed by atoms with Crippen molar-refractivity contribution in [3.8, 4) is 11.4 Å². The lowest BCUT2D eigenvalue weighted by Gasteiger charge is -2.30. The Labute approximate surface area is 231 Å². The summed E-state index contributed by atoms with van der Waals surface area (Å²) >= 11 is 0. The summed E-state index contributed by atoms with van der Waals surface area (Å²) in [5, 5.41) is 16.2. The van der Waals surface area contributed by atoms with Crippen molar-refractivity contribution in [2.75, 3.05) is 33.8 Å². The first-order chi connectivity index (χ1) is 18.1. The summed E-state index contributed by atoms with van der Waals surface area (Å²) in [6.45, 7) is 13.8. The summed E-state index contributed by atoms with van der Waals surface area (Å²) < 4.78 is 10.9. The van der Waals surface area contributed by atoms with Crippen LogP contribution in [-0.4, -0.2) is 82.0 Å². The number of amides is 2. The van der Waals surface area contributed by atoms with Crippen molar-refractivity contribution < 1.29 is 23.9 Å². The molecule has 0 N–H and O–H groups in total. The number of hydrogen-bond acceptors (Lipinski definition) is 9. The molecule has 11 nitrogen and oxygen atoms in total. The average molecular weight is 543 g/mol. The number of Topliss-reactive ketones (excluding diaryl/α,β-unsaturated/α-hetero) is 1. The molecule has 0 aliphatic rings. The molecule has 0 radical (unpaired) electrons. The van der Waals surface area contributed by atoms with Crippen molar-refractivity contribution in [1.82, 2.24) is 30.2 Å². The minimum absolute atomic E-state index is 0.0110. The maximum absolute atomic E-state index is 12.9. The zero-order valence-corrected chi connectivity index (χ0v) is 24.6. The van der Waals surface area contributed by atoms with E-state index in [1.54, 1.807) is 21.0 Å². The Morgan fingerprint density at radius 1 is 0.846 bits per heavy atom. The van der Waals surface area contributed by atoms with E-state index in [1.807, 2.05) is 51.1 Å². The molecule has 0 fully saturated rings. The van der Waals surface area contributed by atoms with E-state index in [-0.39, 0.29) is 36.7 Å². The van der Waals surface area contributed by atoms with E-state index in [2.05, 4.69) is 41.2 Å². The molecule has 2 aromatic rings. The van der Waals surface area contributed by atoms with Gasteiger partial charge < -0.3 is 19.3 Å². The monoisotopic (exact) mass is 542 g/mol. The Hall–Kier alpha value is -3.63. The van der Waals surface area contributed by atoms with E-state index < -0.39 is 29.6 Å². The van der Waals surface area contributed by atoms with Crippen LogP contribution in [0.1, 0.15) is 66.8 Å². The maximum atomic E-state index is 12.9. The standard InChI is InChI=1S/C28H42N6O5/c1-19(23-29-31-24(32-30-23)20-13-11-10-12-14-20)39-26(37)34(9)16-15-33(8)25(36)38-18-21(17-27(2,3)4)22(35)28(5,6)7/h10-14,19,21H,15-18H2,1-9H3/t19?,21-/m1/s1. The van der Waals surface area contributed by atoms with Gasteiger partial charge in [0.2, 0.25) is 11.6 Å². The molecule has 0 saturated heterocycles. The SMILES string of the molecule is CC(OC(=O)N(C)CCN(C)C(=O)OC[C@@H](CC(C)(C)C)C(=O)C(C)(C)C)c1nnc(-c2ccccc2)nn1. The molecular weight excluding hydrogens is 500 g/mol. The normalized spacial score (nSPS) is 13.3. The number of carbonyl (C=O) groups is 3. The number of carbonyl (C=O) groups excluding carboxylic acids is 3. The van der Waals surface area contributed by atoms with Crippen LogP contribution in [0, 0.1) is 16.7 Å². The van der Waals surface area contributed by atoms with Gasteiger partial charge >= 0.3 is 12.2 Å². The molecule has 214 valence electrons. The molecule has 0 spiro atoms. The highest BCUT2D eigenvalue weighted by molar-refractivity contribution is 5.86. The lowest BCUT2D eigenvalue weighted by molar-refractivity contribution is -0.132. The summed E-state index contributed by atoms with van der Waals surface area (Å²) in [4.78, 5) is 40.7. The summed E-state index contributed by atoms with van der Waals surface area (Å²) in [5.41, 5.74) is 0.155. The third-order valence-corrected chi connectivity index (χ3v) is 5.94. The van der Waals surface area contributed by atoms with Crippen LogP contribution in [0.5, 0.6) is 0 Å². The van der Waals surface area contributed by atoms with Gasteiger partial charge in [0.05, 0.1) is 5.92 Å². The van der Waals surface area contributed by atoms with Crippen molar-refractivity contribution in [3.63, 3.8) is 0 Å². The van der Waals surface area contributed by atoms with Crippen molar-refractivity contribution in [2.24, 2.45) is 16.7 Å². The third-order valence-electron chi connectivity index (χ3n) is 5.94. The Morgan fingerprint density at radius 3 is 1.90 bits per heavy atom. The average Bonchev–Trinajstić information content (AvgIpc) is 2.88. The van der Waals surface area contributed by atoms with Crippen LogP contribution >= 0.6 is 0 Å². The Balaban J connectivity index is 1.84. The van der Waals surface area contributed by atoms with Gasteiger partial charge in [-0.25, -0.2) is 9.59 Å². The zero-order chi connectivity index (χ0) is 29.4. The molecule has 39 heavy (non-hydrogen) atoms. The topological polar surface area (TPSA) is 128 Å². The first kappa shape index (κ1) is 31.6. The van der Waals surface area contributed by atoms with Gasteiger partial charge in [0.25, 0.3) is 0 Å². The predicted octanol–water partition coefficient (Wildman–Crippen LogP) is 4.80. The molecule has 11 heteroatoms. The van der Waals surface area contributed by atoms with Crippen LogP contribution in [0.25, 0.3) is 11.4 Å². The summed E-state index contributed by atoms with van der Waals surface area (Å²) in [5.74, 6) is 0.215. The highest BCUT2D eigenvalue weighted by Crippen LogP contribution is 2.30. The van der Waals surface area contributed by atoms with Crippen molar-refractivity contribution in [1.29, 1.82) is 0 Å². The fourth-order valence-corrected chi connectivity index (χ4v) is 3.74. The van der Waals surface area contributed by atoms with Gasteiger partial charge in [-0.2, -0.15) is 0 Å². The van der Waals surface area contributed by atoms with Crippen LogP contribution in [0.15, 0.2) is 30.3 Å². The van der Waals surface area contributed by atoms with Gasteiger partial charge in [-0.15, -0.1) is 20.4 Å². The van der Waals surface area contributed by atoms with Crippen molar-refractivity contribution in [2.45, 2.75) is 61.0 Å². The highest BCUT2D eigenvalue weighted by Gasteiger charge is 2.33. The molecule has 1 unspecified atom stereocenters. The van der Waals surface area contributed by atoms with Gasteiger partial charge in [-0.05, 0) is 18.8 Å². The molecule has 0 aliphatic heterocycles. The fraction of sp³-hybridized carbons (Fsp3) is 0.607. The van der Waals surface area contributed by atoms with E-state index in [0.717, 1.165) is 5.56 Å². The maximum Gasteiger partial charge on any atom is 0.410 e. The molecule has 2 amide bonds. The number of likely N-dealkylation sites (N-methyl/N-ethyl adjacent to an activating group) is 2. The smallest absolute Gasteiger partial charge is 0.410 e. The molecule has 2 atom stereocenters. The minimum atomic E-state index is -0.771. The molecule has 0 bridgehead atoms. The molecule has 1 aromatic carbocycles. The van der Waals surface area contributed by atoms with Crippen LogP contribution < -0.4 is 0 Å². The van der Waals surface area contributed by atoms with E-state index >= 15 is 0 Å². The number of hydrogen-bond donors (Lipinski definition) is 0. The zero-order valence-electron chi connectivity index (χ0n) is 24.6. The van der Waals surface area contributed by atoms with Gasteiger partial charge in [-0.3, -0.25) is 4.79 Å². The van der Waals surface area contributed by atoms with Crippen LogP contribution in [-0.2, 0) is 14.3 Å². The van der Waals surface area contributed by atoms with Crippen LogP contribution in [0.3, 0.4) is 0 Å². The summed E-state index contributed by atoms with van der Waals surface area (Å²) in [6, 6.07) is 9.30. The first-order valence-electron chi connectivity index (χ1n) is 13.0. The van der Waals surface area contributed by atoms with E-state index in [9.17, 15) is 14.4 Å². The largest absolute Gasteiger partial charge is 0.449 e. The Kier molecular flexibility index (Phi) is 10.9. The number of benzene rings is 1. The molecule has 1 heterocycles. The summed E-state index contributed by atoms with van der Waals surface area (Å²) in [7, 11) is 3.14. The second-order valence-electron chi connectivity index (χ2n) is 12.0. The predicted molar refractivity (Wildman–Crippen MR) is 147 cm³/mol. The van der Waals surface area contributed by atoms with Gasteiger partial charge in [0.1, 0.15) is 12.4 Å². The second-order valence-corrected chi connectivity index (χ2v) is 12.0. The Morgan fingerprint density at radius 2 is 1.38 bits per heavy atom. The molecule has 0 aliphatic carbocycles. The number of ketones is 1. The molecule has 0 saturated carbocycles. The van der Waals surface area contributed by atoms with Crippen LogP contribution in [0.2, 0.25) is 0 Å². The van der Waals surface area contributed by atoms with Gasteiger partial charge in [-0.1, -0.05) is 71.9 Å². The lowest BCUT2D eigenvalue weighted by atomic mass is 9.76. The second kappa shape index (κ2) is 13.4. The van der Waals surface area contributed by atoms with Gasteiger partial charge in [0.15, 0.2) is 6.10 Å². The quantitative estimate of drug-likeness (QED) is 0.416. The lowest BCUT2D eigenvalue weighted by Crippen LogP contribution is -2.39. The number of ether oxygens (including phenoxy) is 2. The van der Waals surface area contributed by atoms with Crippen molar-refractivity contribution >= 4 is 18.0 Å². The first-order valence-corrected chi connectivity index (χ1v) is 13.0. The number of aromatic nitrogens is 4. The Bertz CT molecular complexity index is 1100. The van der Waals surface area contributed by atoms with E-state index in [0.29, 0.717) is 12.2 Å². The molecule has 2 rings (SSSR count). The number of nitrogens with zero attached hydrogens (tertiary/aromatic N) is 6. The van der Waals surface area contributed by atoms with Gasteiger partial charge in [0, 0.05) is 38.2 Å². The third kappa shape index (κ3) is 10.2. The highest BCUT2D eigenvalue weighted by atomic mass is 16.6. The number of rotatable bonds is 10. The van der Waals surface area contributed by atoms with E-state index in [1.165, 1.54) is 9.80 Å². The van der Waals surface area contributed by atoms with Crippen LogP contribution in [0.4, 0.5) is 9.59 Å². The minimum Gasteiger partial charge on any atom is -0.449 e. The molecular formula is C28H42N6O5. The van der Waals surface area contributed by atoms with Crippen molar-refractivity contribution in [3.05, 3.63) is 36.2 Å². The fourth-order valence-electron chi connectivity index (χ4n) is 3.74. The molecule has 1 aromatic heterocycles. The van der Waals surface area contributed by atoms with E-state index in [4.69, 9.17) is 9.47 Å².